The van der Waals surface area contributed by atoms with Gasteiger partial charge in [0.05, 0.1) is 36.4 Å². The van der Waals surface area contributed by atoms with Crippen LogP contribution in [0.25, 0.3) is 0 Å². The minimum atomic E-state index is -1.69. The molecule has 0 atom stereocenters. The van der Waals surface area contributed by atoms with Gasteiger partial charge >= 0.3 is 17.6 Å². The van der Waals surface area contributed by atoms with Crippen molar-refractivity contribution in [3.63, 3.8) is 0 Å². The first-order valence-corrected chi connectivity index (χ1v) is 10.8. The minimum Gasteiger partial charge on any atom is -0.466 e. The number of carbonyl (C=O) groups is 3. The molecule has 8 nitrogen and oxygen atoms in total. The van der Waals surface area contributed by atoms with E-state index in [0.717, 1.165) is 0 Å². The Labute approximate surface area is 189 Å². The van der Waals surface area contributed by atoms with Gasteiger partial charge in [0.1, 0.15) is 0 Å². The maximum Gasteiger partial charge on any atom is 0.316 e. The summed E-state index contributed by atoms with van der Waals surface area (Å²) >= 11 is 0. The average molecular weight is 449 g/mol. The van der Waals surface area contributed by atoms with Crippen molar-refractivity contribution in [3.05, 3.63) is 46.4 Å². The van der Waals surface area contributed by atoms with Crippen LogP contribution in [0.5, 0.6) is 0 Å². The molecule has 0 saturated carbocycles. The Morgan fingerprint density at radius 1 is 1.09 bits per heavy atom. The first-order chi connectivity index (χ1) is 15.0. The van der Waals surface area contributed by atoms with Gasteiger partial charge in [-0.05, 0) is 56.2 Å². The second-order valence-electron chi connectivity index (χ2n) is 8.18. The van der Waals surface area contributed by atoms with Crippen molar-refractivity contribution in [3.8, 4) is 0 Å². The third kappa shape index (κ3) is 7.00. The van der Waals surface area contributed by atoms with Gasteiger partial charge in [-0.3, -0.25) is 14.4 Å². The van der Waals surface area contributed by atoms with E-state index < -0.39 is 36.0 Å². The number of ketones is 1. The summed E-state index contributed by atoms with van der Waals surface area (Å²) in [5.74, 6) is -1.52. The zero-order valence-corrected chi connectivity index (χ0v) is 19.6. The predicted molar refractivity (Wildman–Crippen MR) is 119 cm³/mol. The number of allylic oxidation sites excluding steroid dienone is 1. The molecule has 1 aromatic carbocycles. The fourth-order valence-corrected chi connectivity index (χ4v) is 3.61. The molecule has 0 aliphatic carbocycles. The third-order valence-corrected chi connectivity index (χ3v) is 5.24. The van der Waals surface area contributed by atoms with E-state index in [1.165, 1.54) is 12.1 Å². The molecule has 1 N–H and O–H groups in total. The first kappa shape index (κ1) is 27.0. The summed E-state index contributed by atoms with van der Waals surface area (Å²) in [4.78, 5) is 50.3. The van der Waals surface area contributed by atoms with Gasteiger partial charge in [0.15, 0.2) is 5.78 Å². The zero-order valence-electron chi connectivity index (χ0n) is 19.6. The van der Waals surface area contributed by atoms with Crippen LogP contribution in [-0.2, 0) is 29.3 Å². The molecule has 0 saturated heterocycles. The van der Waals surface area contributed by atoms with E-state index >= 15 is 0 Å². The van der Waals surface area contributed by atoms with Crippen molar-refractivity contribution in [2.24, 2.45) is 5.92 Å². The van der Waals surface area contributed by atoms with Gasteiger partial charge in [-0.25, -0.2) is 5.21 Å². The molecule has 8 heteroatoms. The van der Waals surface area contributed by atoms with Crippen LogP contribution in [0, 0.1) is 17.7 Å². The number of nitrogens with zero attached hydrogens (tertiary/aromatic N) is 1. The van der Waals surface area contributed by atoms with Crippen LogP contribution in [0.2, 0.25) is 0 Å². The highest BCUT2D eigenvalue weighted by molar-refractivity contribution is 6.07. The largest absolute Gasteiger partial charge is 0.466 e. The number of aryl methyl sites for hydroxylation is 1. The van der Waals surface area contributed by atoms with Crippen molar-refractivity contribution in [1.29, 1.82) is 0 Å². The molecule has 0 heterocycles. The third-order valence-electron chi connectivity index (χ3n) is 5.24. The van der Waals surface area contributed by atoms with Crippen molar-refractivity contribution in [2.75, 3.05) is 13.2 Å². The van der Waals surface area contributed by atoms with Crippen LogP contribution in [0.15, 0.2) is 30.4 Å². The molecule has 1 aromatic rings. The molecule has 0 aliphatic heterocycles. The van der Waals surface area contributed by atoms with E-state index in [0.29, 0.717) is 24.3 Å². The fraction of sp³-hybridized carbons (Fsp3) is 0.542. The van der Waals surface area contributed by atoms with Gasteiger partial charge in [-0.15, -0.1) is 0 Å². The number of carbonyl (C=O) groups excluding carboxylic acids is 3. The molecule has 176 valence electrons. The van der Waals surface area contributed by atoms with Gasteiger partial charge in [0.25, 0.3) is 4.92 Å². The molecule has 32 heavy (non-hydrogen) atoms. The second-order valence-corrected chi connectivity index (χ2v) is 8.18. The van der Waals surface area contributed by atoms with E-state index in [-0.39, 0.29) is 35.0 Å². The molecule has 0 unspecified atom stereocenters. The van der Waals surface area contributed by atoms with Gasteiger partial charge in [0.2, 0.25) is 0 Å². The van der Waals surface area contributed by atoms with Crippen LogP contribution in [0.1, 0.15) is 64.5 Å². The lowest BCUT2D eigenvalue weighted by molar-refractivity contribution is -0.729. The summed E-state index contributed by atoms with van der Waals surface area (Å²) in [7, 11) is 0. The number of Topliss-reactive ketones (excluding diaryl/α,β-unsaturated/α-hetero) is 1. The van der Waals surface area contributed by atoms with Crippen LogP contribution < -0.4 is 0 Å². The minimum absolute atomic E-state index is 0.0980. The highest BCUT2D eigenvalue weighted by Gasteiger charge is 2.47. The Balaban J connectivity index is 3.74. The number of esters is 2. The Morgan fingerprint density at radius 2 is 1.62 bits per heavy atom. The maximum atomic E-state index is 13.8. The smallest absolute Gasteiger partial charge is 0.316 e. The average Bonchev–Trinajstić information content (AvgIpc) is 2.71. The molecular weight excluding hydrogens is 414 g/mol. The summed E-state index contributed by atoms with van der Waals surface area (Å²) in [6.45, 7) is 13.1. The first-order valence-electron chi connectivity index (χ1n) is 10.8. The quantitative estimate of drug-likeness (QED) is 0.269. The van der Waals surface area contributed by atoms with E-state index in [4.69, 9.17) is 9.47 Å². The van der Waals surface area contributed by atoms with Gasteiger partial charge < -0.3 is 9.47 Å². The van der Waals surface area contributed by atoms with Crippen molar-refractivity contribution in [2.45, 2.75) is 65.7 Å². The Kier molecular flexibility index (Phi) is 10.2. The summed E-state index contributed by atoms with van der Waals surface area (Å²) in [6, 6.07) is 4.23. The summed E-state index contributed by atoms with van der Waals surface area (Å²) < 4.78 is 10.2. The number of hydrogen-bond acceptors (Lipinski definition) is 6. The van der Waals surface area contributed by atoms with E-state index in [9.17, 15) is 24.5 Å². The Hall–Kier alpha value is -3.03. The molecular formula is C24H34NO7+. The molecule has 0 radical (unpaired) electrons. The number of benzene rings is 1. The lowest BCUT2D eigenvalue weighted by atomic mass is 9.67. The maximum absolute atomic E-state index is 13.8. The van der Waals surface area contributed by atoms with Gasteiger partial charge in [0, 0.05) is 12.1 Å². The van der Waals surface area contributed by atoms with Crippen molar-refractivity contribution >= 4 is 23.4 Å². The normalized spacial score (nSPS) is 11.2. The monoisotopic (exact) mass is 448 g/mol. The molecule has 0 fully saturated rings. The van der Waals surface area contributed by atoms with E-state index in [1.807, 2.05) is 13.8 Å². The molecule has 1 rings (SSSR count). The lowest BCUT2D eigenvalue weighted by Gasteiger charge is -2.33. The fourth-order valence-electron chi connectivity index (χ4n) is 3.61. The van der Waals surface area contributed by atoms with Crippen LogP contribution >= 0.6 is 0 Å². The molecule has 0 spiro atoms. The second kappa shape index (κ2) is 12.1. The standard InChI is InChI=1S/C24H34NO7/c1-7-31-21(26)14-24(15-22(27)32-8-2,23(28)18(6)10-9-16(3)4)20-13-19(25(29)30)12-11-17(20)5/h11-13,16H,6-10,14-15H2,1-5H3,(H,29,30)/q+1. The molecule has 0 aliphatic rings. The molecule has 0 amide bonds. The van der Waals surface area contributed by atoms with Gasteiger partial charge in [-0.1, -0.05) is 26.5 Å². The Bertz CT molecular complexity index is 853. The lowest BCUT2D eigenvalue weighted by Crippen LogP contribution is -2.42. The summed E-state index contributed by atoms with van der Waals surface area (Å²) in [6.07, 6.45) is 0.210. The summed E-state index contributed by atoms with van der Waals surface area (Å²) in [5, 5.41) is 9.42. The van der Waals surface area contributed by atoms with E-state index in [1.54, 1.807) is 26.8 Å². The zero-order chi connectivity index (χ0) is 24.5. The SMILES string of the molecule is C=C(CCC(C)C)C(=O)C(CC(=O)OCC)(CC(=O)OCC)c1cc([N+](=O)O)ccc1C. The van der Waals surface area contributed by atoms with Crippen molar-refractivity contribution in [1.82, 2.24) is 0 Å². The highest BCUT2D eigenvalue weighted by atomic mass is 16.6. The van der Waals surface area contributed by atoms with Crippen LogP contribution in [0.4, 0.5) is 5.69 Å². The van der Waals surface area contributed by atoms with Gasteiger partial charge in [-0.2, -0.15) is 0 Å². The van der Waals surface area contributed by atoms with E-state index in [2.05, 4.69) is 6.58 Å². The Morgan fingerprint density at radius 3 is 2.06 bits per heavy atom. The number of rotatable bonds is 13. The number of ether oxygens (including phenoxy) is 2. The molecule has 0 bridgehead atoms. The van der Waals surface area contributed by atoms with Crippen molar-refractivity contribution < 1.29 is 34.0 Å². The topological polar surface area (TPSA) is 110 Å². The van der Waals surface area contributed by atoms with Crippen LogP contribution in [-0.4, -0.2) is 41.1 Å². The predicted octanol–water partition coefficient (Wildman–Crippen LogP) is 4.50. The highest BCUT2D eigenvalue weighted by Crippen LogP contribution is 2.40. The van der Waals surface area contributed by atoms with Crippen LogP contribution in [0.3, 0.4) is 0 Å². The summed E-state index contributed by atoms with van der Waals surface area (Å²) in [5.41, 5.74) is -0.734. The molecule has 0 aromatic heterocycles. The number of hydrogen-bond donors (Lipinski definition) is 1.